The van der Waals surface area contributed by atoms with Crippen LogP contribution in [-0.2, 0) is 0 Å². The van der Waals surface area contributed by atoms with Crippen molar-refractivity contribution < 1.29 is 5.11 Å². The summed E-state index contributed by atoms with van der Waals surface area (Å²) < 4.78 is 0. The molecule has 2 aromatic carbocycles. The van der Waals surface area contributed by atoms with E-state index in [1.54, 1.807) is 18.2 Å². The summed E-state index contributed by atoms with van der Waals surface area (Å²) in [6.45, 7) is 10.9. The lowest BCUT2D eigenvalue weighted by molar-refractivity contribution is 0.474. The predicted octanol–water partition coefficient (Wildman–Crippen LogP) is 5.01. The number of hydrogen-bond donors (Lipinski definition) is 1. The number of phenols is 1. The van der Waals surface area contributed by atoms with Crippen molar-refractivity contribution in [2.24, 2.45) is 0 Å². The van der Waals surface area contributed by atoms with Gasteiger partial charge in [0, 0.05) is 5.56 Å². The highest BCUT2D eigenvalue weighted by atomic mass is 16.3. The van der Waals surface area contributed by atoms with Crippen LogP contribution in [0.3, 0.4) is 0 Å². The van der Waals surface area contributed by atoms with Gasteiger partial charge < -0.3 is 5.11 Å². The van der Waals surface area contributed by atoms with Gasteiger partial charge in [0.2, 0.25) is 0 Å². The molecule has 0 fully saturated rings. The minimum Gasteiger partial charge on any atom is -0.507 e. The zero-order valence-corrected chi connectivity index (χ0v) is 10.9. The van der Waals surface area contributed by atoms with Gasteiger partial charge in [0.25, 0.3) is 0 Å². The van der Waals surface area contributed by atoms with Crippen LogP contribution >= 0.6 is 0 Å². The van der Waals surface area contributed by atoms with Gasteiger partial charge in [0.15, 0.2) is 0 Å². The van der Waals surface area contributed by atoms with E-state index in [9.17, 15) is 0 Å². The van der Waals surface area contributed by atoms with Gasteiger partial charge in [-0.25, -0.2) is 0 Å². The topological polar surface area (TPSA) is 20.2 Å². The largest absolute Gasteiger partial charge is 0.507 e. The molecule has 1 nitrogen and oxygen atoms in total. The molecule has 1 N–H and O–H groups in total. The van der Waals surface area contributed by atoms with Gasteiger partial charge in [-0.2, -0.15) is 0 Å². The van der Waals surface area contributed by atoms with Crippen LogP contribution in [0.15, 0.2) is 68.3 Å². The minimum absolute atomic E-state index is 0.285. The van der Waals surface area contributed by atoms with Crippen molar-refractivity contribution in [2.75, 3.05) is 0 Å². The maximum absolute atomic E-state index is 9.04. The van der Waals surface area contributed by atoms with Crippen LogP contribution in [0.1, 0.15) is 16.7 Å². The quantitative estimate of drug-likeness (QED) is 0.812. The Morgan fingerprint density at radius 3 is 1.32 bits per heavy atom. The Hall–Kier alpha value is -2.54. The first-order valence-corrected chi connectivity index (χ1v) is 5.97. The predicted molar refractivity (Wildman–Crippen MR) is 84.8 cm³/mol. The number of aromatic hydroxyl groups is 1. The third-order valence-electron chi connectivity index (χ3n) is 2.59. The van der Waals surface area contributed by atoms with E-state index < -0.39 is 0 Å². The Morgan fingerprint density at radius 1 is 0.632 bits per heavy atom. The molecule has 2 aromatic rings. The summed E-state index contributed by atoms with van der Waals surface area (Å²) in [5, 5.41) is 9.04. The monoisotopic (exact) mass is 250 g/mol. The van der Waals surface area contributed by atoms with E-state index in [0.717, 1.165) is 16.7 Å². The number of rotatable bonds is 3. The summed E-state index contributed by atoms with van der Waals surface area (Å²) in [5.41, 5.74) is 3.05. The van der Waals surface area contributed by atoms with E-state index in [0.29, 0.717) is 0 Å². The fourth-order valence-corrected chi connectivity index (χ4v) is 1.54. The Labute approximate surface area is 114 Å². The molecular weight excluding hydrogens is 232 g/mol. The second kappa shape index (κ2) is 7.72. The molecule has 2 rings (SSSR count). The van der Waals surface area contributed by atoms with Gasteiger partial charge in [0.05, 0.1) is 0 Å². The van der Waals surface area contributed by atoms with Crippen molar-refractivity contribution >= 4 is 18.2 Å². The van der Waals surface area contributed by atoms with Crippen LogP contribution in [0.2, 0.25) is 0 Å². The van der Waals surface area contributed by atoms with Crippen LogP contribution in [0.4, 0.5) is 0 Å². The van der Waals surface area contributed by atoms with E-state index in [-0.39, 0.29) is 5.75 Å². The van der Waals surface area contributed by atoms with E-state index in [2.05, 4.69) is 19.7 Å². The van der Waals surface area contributed by atoms with Crippen LogP contribution < -0.4 is 0 Å². The second-order valence-corrected chi connectivity index (χ2v) is 3.80. The van der Waals surface area contributed by atoms with Gasteiger partial charge >= 0.3 is 0 Å². The lowest BCUT2D eigenvalue weighted by atomic mass is 10.1. The molecule has 19 heavy (non-hydrogen) atoms. The first kappa shape index (κ1) is 14.5. The standard InChI is InChI=1S/C10H10.C8H8O/c1-3-9-7-5-6-8-10(9)4-2;1-2-7-5-3-4-6-8(7)9/h3-8H,1-2H2;2-6,9H,1H2. The van der Waals surface area contributed by atoms with Crippen molar-refractivity contribution in [3.63, 3.8) is 0 Å². The maximum Gasteiger partial charge on any atom is 0.122 e. The highest BCUT2D eigenvalue weighted by molar-refractivity contribution is 5.63. The van der Waals surface area contributed by atoms with Crippen LogP contribution in [-0.4, -0.2) is 5.11 Å². The maximum atomic E-state index is 9.04. The lowest BCUT2D eigenvalue weighted by Crippen LogP contribution is -1.76. The second-order valence-electron chi connectivity index (χ2n) is 3.80. The van der Waals surface area contributed by atoms with E-state index in [4.69, 9.17) is 5.11 Å². The first-order valence-electron chi connectivity index (χ1n) is 5.97. The van der Waals surface area contributed by atoms with Crippen molar-refractivity contribution in [1.82, 2.24) is 0 Å². The van der Waals surface area contributed by atoms with Crippen molar-refractivity contribution in [2.45, 2.75) is 0 Å². The summed E-state index contributed by atoms with van der Waals surface area (Å²) in [7, 11) is 0. The molecule has 0 spiro atoms. The molecule has 1 heteroatoms. The summed E-state index contributed by atoms with van der Waals surface area (Å²) in [4.78, 5) is 0. The van der Waals surface area contributed by atoms with E-state index >= 15 is 0 Å². The summed E-state index contributed by atoms with van der Waals surface area (Å²) in [5.74, 6) is 0.285. The highest BCUT2D eigenvalue weighted by Crippen LogP contribution is 2.15. The average molecular weight is 250 g/mol. The zero-order chi connectivity index (χ0) is 14.1. The summed E-state index contributed by atoms with van der Waals surface area (Å²) >= 11 is 0. The highest BCUT2D eigenvalue weighted by Gasteiger charge is 1.90. The fraction of sp³-hybridized carbons (Fsp3) is 0. The normalized spacial score (nSPS) is 8.84. The molecule has 0 saturated carbocycles. The fourth-order valence-electron chi connectivity index (χ4n) is 1.54. The van der Waals surface area contributed by atoms with E-state index in [1.165, 1.54) is 0 Å². The zero-order valence-electron chi connectivity index (χ0n) is 10.9. The van der Waals surface area contributed by atoms with Crippen LogP contribution in [0, 0.1) is 0 Å². The number of benzene rings is 2. The van der Waals surface area contributed by atoms with Gasteiger partial charge in [-0.1, -0.05) is 80.4 Å². The molecule has 0 unspecified atom stereocenters. The molecule has 0 aliphatic heterocycles. The van der Waals surface area contributed by atoms with E-state index in [1.807, 2.05) is 48.6 Å². The molecule has 96 valence electrons. The SMILES string of the molecule is C=Cc1ccccc1C=C.C=Cc1ccccc1O. The molecule has 0 radical (unpaired) electrons. The third-order valence-corrected chi connectivity index (χ3v) is 2.59. The number of para-hydroxylation sites is 1. The molecule has 0 bridgehead atoms. The number of hydrogen-bond acceptors (Lipinski definition) is 1. The Morgan fingerprint density at radius 2 is 1.00 bits per heavy atom. The molecule has 0 aromatic heterocycles. The third kappa shape index (κ3) is 4.32. The average Bonchev–Trinajstić information content (AvgIpc) is 2.48. The Kier molecular flexibility index (Phi) is 5.90. The Balaban J connectivity index is 0.000000191. The molecule has 0 heterocycles. The number of phenolic OH excluding ortho intramolecular Hbond substituents is 1. The lowest BCUT2D eigenvalue weighted by Gasteiger charge is -1.96. The van der Waals surface area contributed by atoms with Gasteiger partial charge in [-0.05, 0) is 17.2 Å². The Bertz CT molecular complexity index is 540. The molecule has 0 amide bonds. The molecule has 0 saturated heterocycles. The first-order chi connectivity index (χ1) is 9.22. The van der Waals surface area contributed by atoms with Crippen LogP contribution in [0.25, 0.3) is 18.2 Å². The molecule has 0 aliphatic carbocycles. The molecule has 0 aliphatic rings. The summed E-state index contributed by atoms with van der Waals surface area (Å²) in [6.07, 6.45) is 5.28. The van der Waals surface area contributed by atoms with Gasteiger partial charge in [0.1, 0.15) is 5.75 Å². The summed E-state index contributed by atoms with van der Waals surface area (Å²) in [6, 6.07) is 15.1. The van der Waals surface area contributed by atoms with Crippen molar-refractivity contribution in [3.8, 4) is 5.75 Å². The molecular formula is C18H18O. The van der Waals surface area contributed by atoms with Crippen LogP contribution in [0.5, 0.6) is 5.75 Å². The smallest absolute Gasteiger partial charge is 0.122 e. The van der Waals surface area contributed by atoms with Gasteiger partial charge in [-0.3, -0.25) is 0 Å². The van der Waals surface area contributed by atoms with Crippen molar-refractivity contribution in [3.05, 3.63) is 85.0 Å². The van der Waals surface area contributed by atoms with Gasteiger partial charge in [-0.15, -0.1) is 0 Å². The minimum atomic E-state index is 0.285. The molecule has 0 atom stereocenters. The van der Waals surface area contributed by atoms with Crippen molar-refractivity contribution in [1.29, 1.82) is 0 Å².